The summed E-state index contributed by atoms with van der Waals surface area (Å²) in [5.74, 6) is 1.64. The van der Waals surface area contributed by atoms with E-state index in [1.165, 1.54) is 24.5 Å². The van der Waals surface area contributed by atoms with E-state index in [1.807, 2.05) is 11.8 Å². The van der Waals surface area contributed by atoms with Gasteiger partial charge in [0.25, 0.3) is 5.56 Å². The average Bonchev–Trinajstić information content (AvgIpc) is 3.27. The number of aromatic amines is 1. The summed E-state index contributed by atoms with van der Waals surface area (Å²) >= 11 is 1.92. The minimum Gasteiger partial charge on any atom is -0.268 e. The first-order valence-corrected chi connectivity index (χ1v) is 7.59. The van der Waals surface area contributed by atoms with Gasteiger partial charge >= 0.3 is 0 Å². The van der Waals surface area contributed by atoms with Gasteiger partial charge in [-0.1, -0.05) is 30.3 Å². The van der Waals surface area contributed by atoms with Crippen molar-refractivity contribution in [3.63, 3.8) is 0 Å². The number of hydrogen-bond donors (Lipinski definition) is 1. The lowest BCUT2D eigenvalue weighted by atomic mass is 10.1. The van der Waals surface area contributed by atoms with Gasteiger partial charge in [-0.25, -0.2) is 5.10 Å². The second-order valence-corrected chi connectivity index (χ2v) is 6.02. The molecule has 1 aromatic heterocycles. The molecule has 19 heavy (non-hydrogen) atoms. The van der Waals surface area contributed by atoms with Crippen LogP contribution in [0.5, 0.6) is 0 Å². The molecule has 1 aliphatic carbocycles. The molecule has 2 aromatic rings. The van der Waals surface area contributed by atoms with Gasteiger partial charge in [-0.3, -0.25) is 4.79 Å². The van der Waals surface area contributed by atoms with Crippen molar-refractivity contribution in [1.82, 2.24) is 10.2 Å². The van der Waals surface area contributed by atoms with E-state index < -0.39 is 0 Å². The molecule has 1 unspecified atom stereocenters. The second-order valence-electron chi connectivity index (χ2n) is 4.89. The Morgan fingerprint density at radius 1 is 1.21 bits per heavy atom. The summed E-state index contributed by atoms with van der Waals surface area (Å²) < 4.78 is 0. The van der Waals surface area contributed by atoms with Crippen LogP contribution in [0.15, 0.2) is 47.3 Å². The summed E-state index contributed by atoms with van der Waals surface area (Å²) in [6.45, 7) is 0. The molecule has 3 nitrogen and oxygen atoms in total. The summed E-state index contributed by atoms with van der Waals surface area (Å²) in [7, 11) is 0. The molecule has 1 aliphatic rings. The van der Waals surface area contributed by atoms with Gasteiger partial charge in [-0.15, -0.1) is 11.8 Å². The summed E-state index contributed by atoms with van der Waals surface area (Å²) in [6.07, 6.45) is 2.65. The number of nitrogens with one attached hydrogen (secondary N) is 1. The zero-order valence-electron chi connectivity index (χ0n) is 10.6. The van der Waals surface area contributed by atoms with Crippen molar-refractivity contribution in [3.8, 4) is 0 Å². The van der Waals surface area contributed by atoms with Gasteiger partial charge in [-0.05, 0) is 30.4 Å². The summed E-state index contributed by atoms with van der Waals surface area (Å²) in [6, 6.07) is 14.0. The Morgan fingerprint density at radius 3 is 2.63 bits per heavy atom. The fraction of sp³-hybridized carbons (Fsp3) is 0.333. The topological polar surface area (TPSA) is 45.8 Å². The van der Waals surface area contributed by atoms with E-state index in [9.17, 15) is 4.79 Å². The summed E-state index contributed by atoms with van der Waals surface area (Å²) in [5.41, 5.74) is 2.20. The molecule has 0 amide bonds. The number of nitrogens with zero attached hydrogens (tertiary/aromatic N) is 1. The lowest BCUT2D eigenvalue weighted by Gasteiger charge is -2.15. The number of rotatable bonds is 5. The Labute approximate surface area is 116 Å². The fourth-order valence-electron chi connectivity index (χ4n) is 2.18. The van der Waals surface area contributed by atoms with Crippen molar-refractivity contribution in [2.45, 2.75) is 23.8 Å². The molecule has 0 aliphatic heterocycles. The van der Waals surface area contributed by atoms with Crippen molar-refractivity contribution in [1.29, 1.82) is 0 Å². The average molecular weight is 272 g/mol. The number of hydrogen-bond acceptors (Lipinski definition) is 3. The smallest absolute Gasteiger partial charge is 0.264 e. The minimum atomic E-state index is -0.143. The van der Waals surface area contributed by atoms with Gasteiger partial charge in [0.05, 0.1) is 5.69 Å². The van der Waals surface area contributed by atoms with Crippen molar-refractivity contribution < 1.29 is 0 Å². The maximum Gasteiger partial charge on any atom is 0.264 e. The van der Waals surface area contributed by atoms with Gasteiger partial charge in [0.1, 0.15) is 0 Å². The Morgan fingerprint density at radius 2 is 2.00 bits per heavy atom. The van der Waals surface area contributed by atoms with Crippen molar-refractivity contribution >= 4 is 11.8 Å². The monoisotopic (exact) mass is 272 g/mol. The molecule has 1 N–H and O–H groups in total. The van der Waals surface area contributed by atoms with E-state index in [4.69, 9.17) is 0 Å². The Hall–Kier alpha value is -1.55. The molecule has 3 rings (SSSR count). The second kappa shape index (κ2) is 5.61. The number of benzene rings is 1. The lowest BCUT2D eigenvalue weighted by Crippen LogP contribution is -2.07. The highest BCUT2D eigenvalue weighted by Gasteiger charge is 2.32. The molecule has 0 bridgehead atoms. The normalized spacial score (nSPS) is 16.2. The molecule has 0 radical (unpaired) electrons. The lowest BCUT2D eigenvalue weighted by molar-refractivity contribution is 0.806. The van der Waals surface area contributed by atoms with Gasteiger partial charge in [0, 0.05) is 17.1 Å². The first kappa shape index (κ1) is 12.5. The van der Waals surface area contributed by atoms with E-state index in [1.54, 1.807) is 6.07 Å². The molecule has 1 saturated carbocycles. The molecule has 98 valence electrons. The van der Waals surface area contributed by atoms with E-state index in [-0.39, 0.29) is 5.56 Å². The van der Waals surface area contributed by atoms with Crippen LogP contribution in [0.4, 0.5) is 0 Å². The van der Waals surface area contributed by atoms with Crippen molar-refractivity contribution in [3.05, 3.63) is 64.1 Å². The Bertz CT molecular complexity index is 572. The van der Waals surface area contributed by atoms with Crippen LogP contribution in [0.25, 0.3) is 0 Å². The van der Waals surface area contributed by atoms with Crippen LogP contribution in [0.2, 0.25) is 0 Å². The maximum absolute atomic E-state index is 11.0. The highest BCUT2D eigenvalue weighted by Crippen LogP contribution is 2.49. The van der Waals surface area contributed by atoms with E-state index >= 15 is 0 Å². The van der Waals surface area contributed by atoms with Crippen molar-refractivity contribution in [2.75, 3.05) is 0 Å². The van der Waals surface area contributed by atoms with Crippen molar-refractivity contribution in [2.24, 2.45) is 5.92 Å². The molecular formula is C15H16N2OS. The van der Waals surface area contributed by atoms with Crippen LogP contribution in [-0.2, 0) is 5.75 Å². The molecule has 0 spiro atoms. The van der Waals surface area contributed by atoms with Gasteiger partial charge < -0.3 is 0 Å². The third-order valence-corrected chi connectivity index (χ3v) is 4.80. The molecule has 1 aromatic carbocycles. The van der Waals surface area contributed by atoms with Crippen LogP contribution >= 0.6 is 11.8 Å². The highest BCUT2D eigenvalue weighted by atomic mass is 32.2. The standard InChI is InChI=1S/C15H16N2OS/c18-14-9-8-13(16-17-14)10-19-15(12-6-7-12)11-4-2-1-3-5-11/h1-5,8-9,12,15H,6-7,10H2,(H,17,18). The minimum absolute atomic E-state index is 0.143. The predicted octanol–water partition coefficient (Wildman–Crippen LogP) is 3.15. The first-order valence-electron chi connectivity index (χ1n) is 6.54. The maximum atomic E-state index is 11.0. The summed E-state index contributed by atoms with van der Waals surface area (Å²) in [5, 5.41) is 7.11. The van der Waals surface area contributed by atoms with Crippen LogP contribution in [-0.4, -0.2) is 10.2 Å². The zero-order valence-corrected chi connectivity index (χ0v) is 11.4. The quantitative estimate of drug-likeness (QED) is 0.909. The van der Waals surface area contributed by atoms with Crippen LogP contribution < -0.4 is 5.56 Å². The van der Waals surface area contributed by atoms with Crippen LogP contribution in [0.1, 0.15) is 29.3 Å². The molecule has 4 heteroatoms. The Kier molecular flexibility index (Phi) is 3.69. The third-order valence-electron chi connectivity index (χ3n) is 3.33. The number of thioether (sulfide) groups is 1. The molecule has 1 fully saturated rings. The molecule has 1 heterocycles. The molecule has 0 saturated heterocycles. The SMILES string of the molecule is O=c1ccc(CSC(c2ccccc2)C2CC2)n[nH]1. The molecular weight excluding hydrogens is 256 g/mol. The van der Waals surface area contributed by atoms with Gasteiger partial charge in [0.15, 0.2) is 0 Å². The molecule has 1 atom stereocenters. The fourth-order valence-corrected chi connectivity index (χ4v) is 3.58. The number of H-pyrrole nitrogens is 1. The zero-order chi connectivity index (χ0) is 13.1. The van der Waals surface area contributed by atoms with E-state index in [0.717, 1.165) is 17.4 Å². The van der Waals surface area contributed by atoms with E-state index in [2.05, 4.69) is 40.5 Å². The summed E-state index contributed by atoms with van der Waals surface area (Å²) in [4.78, 5) is 11.0. The predicted molar refractivity (Wildman–Crippen MR) is 78.1 cm³/mol. The number of aromatic nitrogens is 2. The largest absolute Gasteiger partial charge is 0.268 e. The highest BCUT2D eigenvalue weighted by molar-refractivity contribution is 7.98. The Balaban J connectivity index is 1.69. The first-order chi connectivity index (χ1) is 9.33. The third kappa shape index (κ3) is 3.26. The van der Waals surface area contributed by atoms with Gasteiger partial charge in [0.2, 0.25) is 0 Å². The van der Waals surface area contributed by atoms with Crippen LogP contribution in [0.3, 0.4) is 0 Å². The van der Waals surface area contributed by atoms with Gasteiger partial charge in [-0.2, -0.15) is 5.10 Å². The van der Waals surface area contributed by atoms with E-state index in [0.29, 0.717) is 5.25 Å². The van der Waals surface area contributed by atoms with Crippen LogP contribution in [0, 0.1) is 5.92 Å².